The number of fused-ring (bicyclic) bond motifs is 1. The largest absolute Gasteiger partial charge is 0.394 e. The van der Waals surface area contributed by atoms with Crippen molar-refractivity contribution in [1.82, 2.24) is 15.0 Å². The Balaban J connectivity index is 1.76. The molecule has 0 aliphatic rings. The minimum absolute atomic E-state index is 0.0245. The molecule has 0 bridgehead atoms. The Hall–Kier alpha value is -2.40. The van der Waals surface area contributed by atoms with E-state index in [1.807, 2.05) is 31.3 Å². The second-order valence-corrected chi connectivity index (χ2v) is 5.17. The molecule has 21 heavy (non-hydrogen) atoms. The van der Waals surface area contributed by atoms with Crippen LogP contribution in [0, 0.1) is 6.92 Å². The topological polar surface area (TPSA) is 73.8 Å². The van der Waals surface area contributed by atoms with Gasteiger partial charge in [-0.05, 0) is 30.5 Å². The molecular formula is C16H18N4O. The van der Waals surface area contributed by atoms with Crippen molar-refractivity contribution >= 4 is 16.9 Å². The number of aryl methyl sites for hydroxylation is 1. The van der Waals surface area contributed by atoms with Crippen molar-refractivity contribution in [1.29, 1.82) is 0 Å². The first-order valence-electron chi connectivity index (χ1n) is 6.97. The van der Waals surface area contributed by atoms with E-state index in [1.165, 1.54) is 10.9 Å². The highest BCUT2D eigenvalue weighted by atomic mass is 16.3. The smallest absolute Gasteiger partial charge is 0.222 e. The number of nitrogens with zero attached hydrogens (tertiary/aromatic N) is 2. The lowest BCUT2D eigenvalue weighted by Gasteiger charge is -2.15. The summed E-state index contributed by atoms with van der Waals surface area (Å²) in [6.07, 6.45) is 6.22. The average Bonchev–Trinajstić information content (AvgIpc) is 2.92. The quantitative estimate of drug-likeness (QED) is 0.671. The Morgan fingerprint density at radius 2 is 2.00 bits per heavy atom. The van der Waals surface area contributed by atoms with E-state index in [9.17, 15) is 5.11 Å². The molecule has 0 aliphatic carbocycles. The van der Waals surface area contributed by atoms with Crippen LogP contribution in [0.5, 0.6) is 0 Å². The van der Waals surface area contributed by atoms with Crippen LogP contribution in [0.2, 0.25) is 0 Å². The van der Waals surface area contributed by atoms with Crippen LogP contribution >= 0.6 is 0 Å². The predicted molar refractivity (Wildman–Crippen MR) is 83.3 cm³/mol. The molecule has 1 unspecified atom stereocenters. The van der Waals surface area contributed by atoms with Crippen molar-refractivity contribution < 1.29 is 5.11 Å². The number of aliphatic hydroxyl groups is 1. The fraction of sp³-hybridized carbons (Fsp3) is 0.250. The maximum absolute atomic E-state index is 9.58. The number of aromatic amines is 1. The van der Waals surface area contributed by atoms with Gasteiger partial charge < -0.3 is 15.4 Å². The minimum atomic E-state index is -0.119. The summed E-state index contributed by atoms with van der Waals surface area (Å²) in [6, 6.07) is 8.03. The molecule has 0 radical (unpaired) electrons. The molecule has 0 amide bonds. The third-order valence-electron chi connectivity index (χ3n) is 3.48. The SMILES string of the molecule is Cc1cnc(NC(CO)Cc2c[nH]c3ccccc23)nc1. The van der Waals surface area contributed by atoms with E-state index >= 15 is 0 Å². The van der Waals surface area contributed by atoms with E-state index < -0.39 is 0 Å². The molecule has 3 aromatic rings. The van der Waals surface area contributed by atoms with Crippen LogP contribution in [0.15, 0.2) is 42.9 Å². The molecule has 1 aromatic carbocycles. The molecule has 5 nitrogen and oxygen atoms in total. The zero-order chi connectivity index (χ0) is 14.7. The van der Waals surface area contributed by atoms with Crippen LogP contribution in [0.25, 0.3) is 10.9 Å². The maximum Gasteiger partial charge on any atom is 0.222 e. The fourth-order valence-electron chi connectivity index (χ4n) is 2.38. The van der Waals surface area contributed by atoms with Gasteiger partial charge in [-0.3, -0.25) is 0 Å². The number of anilines is 1. The van der Waals surface area contributed by atoms with E-state index in [0.29, 0.717) is 12.4 Å². The zero-order valence-electron chi connectivity index (χ0n) is 11.9. The van der Waals surface area contributed by atoms with Gasteiger partial charge in [-0.25, -0.2) is 9.97 Å². The number of benzene rings is 1. The Kier molecular flexibility index (Phi) is 3.83. The molecule has 108 valence electrons. The number of para-hydroxylation sites is 1. The van der Waals surface area contributed by atoms with Crippen molar-refractivity contribution in [2.45, 2.75) is 19.4 Å². The van der Waals surface area contributed by atoms with E-state index in [0.717, 1.165) is 11.1 Å². The monoisotopic (exact) mass is 282 g/mol. The molecule has 3 rings (SSSR count). The number of aromatic nitrogens is 3. The first-order chi connectivity index (χ1) is 10.3. The van der Waals surface area contributed by atoms with Crippen LogP contribution in [0.1, 0.15) is 11.1 Å². The van der Waals surface area contributed by atoms with Gasteiger partial charge in [0, 0.05) is 29.5 Å². The summed E-state index contributed by atoms with van der Waals surface area (Å²) in [4.78, 5) is 11.7. The Labute approximate surface area is 123 Å². The number of hydrogen-bond acceptors (Lipinski definition) is 4. The van der Waals surface area contributed by atoms with Crippen molar-refractivity contribution in [2.75, 3.05) is 11.9 Å². The van der Waals surface area contributed by atoms with Crippen LogP contribution in [0.3, 0.4) is 0 Å². The molecule has 3 N–H and O–H groups in total. The first kappa shape index (κ1) is 13.6. The molecule has 0 saturated carbocycles. The Morgan fingerprint density at radius 3 is 2.76 bits per heavy atom. The Morgan fingerprint density at radius 1 is 1.24 bits per heavy atom. The van der Waals surface area contributed by atoms with Gasteiger partial charge in [0.25, 0.3) is 0 Å². The molecule has 0 fully saturated rings. The molecular weight excluding hydrogens is 264 g/mol. The zero-order valence-corrected chi connectivity index (χ0v) is 11.9. The van der Waals surface area contributed by atoms with Gasteiger partial charge in [-0.2, -0.15) is 0 Å². The van der Waals surface area contributed by atoms with E-state index in [4.69, 9.17) is 0 Å². The van der Waals surface area contributed by atoms with Crippen LogP contribution in [0.4, 0.5) is 5.95 Å². The van der Waals surface area contributed by atoms with Gasteiger partial charge in [-0.1, -0.05) is 18.2 Å². The summed E-state index contributed by atoms with van der Waals surface area (Å²) >= 11 is 0. The third-order valence-corrected chi connectivity index (χ3v) is 3.48. The molecule has 5 heteroatoms. The van der Waals surface area contributed by atoms with Crippen molar-refractivity contribution in [3.05, 3.63) is 54.0 Å². The standard InChI is InChI=1S/C16H18N4O/c1-11-7-18-16(19-8-11)20-13(10-21)6-12-9-17-15-5-3-2-4-14(12)15/h2-5,7-9,13,17,21H,6,10H2,1H3,(H,18,19,20). The molecule has 0 aliphatic heterocycles. The second-order valence-electron chi connectivity index (χ2n) is 5.17. The summed E-state index contributed by atoms with van der Waals surface area (Å²) < 4.78 is 0. The summed E-state index contributed by atoms with van der Waals surface area (Å²) in [5, 5.41) is 13.9. The fourth-order valence-corrected chi connectivity index (χ4v) is 2.38. The lowest BCUT2D eigenvalue weighted by molar-refractivity contribution is 0.273. The highest BCUT2D eigenvalue weighted by Gasteiger charge is 2.12. The van der Waals surface area contributed by atoms with Gasteiger partial charge in [0.1, 0.15) is 0 Å². The van der Waals surface area contributed by atoms with Crippen molar-refractivity contribution in [3.8, 4) is 0 Å². The summed E-state index contributed by atoms with van der Waals surface area (Å²) in [6.45, 7) is 1.97. The third kappa shape index (κ3) is 3.03. The molecule has 0 saturated heterocycles. The molecule has 1 atom stereocenters. The average molecular weight is 282 g/mol. The van der Waals surface area contributed by atoms with E-state index in [1.54, 1.807) is 12.4 Å². The number of rotatable bonds is 5. The summed E-state index contributed by atoms with van der Waals surface area (Å²) in [5.41, 5.74) is 3.29. The first-order valence-corrected chi connectivity index (χ1v) is 6.97. The highest BCUT2D eigenvalue weighted by Crippen LogP contribution is 2.19. The lowest BCUT2D eigenvalue weighted by Crippen LogP contribution is -2.27. The van der Waals surface area contributed by atoms with Gasteiger partial charge >= 0.3 is 0 Å². The van der Waals surface area contributed by atoms with Gasteiger partial charge in [0.2, 0.25) is 5.95 Å². The number of H-pyrrole nitrogens is 1. The summed E-state index contributed by atoms with van der Waals surface area (Å²) in [7, 11) is 0. The second kappa shape index (κ2) is 5.93. The normalized spacial score (nSPS) is 12.5. The Bertz CT molecular complexity index is 720. The van der Waals surface area contributed by atoms with Crippen LogP contribution in [-0.2, 0) is 6.42 Å². The van der Waals surface area contributed by atoms with Gasteiger partial charge in [0.15, 0.2) is 0 Å². The predicted octanol–water partition coefficient (Wildman–Crippen LogP) is 2.28. The van der Waals surface area contributed by atoms with Crippen LogP contribution < -0.4 is 5.32 Å². The van der Waals surface area contributed by atoms with Crippen molar-refractivity contribution in [2.24, 2.45) is 0 Å². The lowest BCUT2D eigenvalue weighted by atomic mass is 10.1. The highest BCUT2D eigenvalue weighted by molar-refractivity contribution is 5.83. The number of nitrogens with one attached hydrogen (secondary N) is 2. The molecule has 2 aromatic heterocycles. The van der Waals surface area contributed by atoms with Gasteiger partial charge in [-0.15, -0.1) is 0 Å². The minimum Gasteiger partial charge on any atom is -0.394 e. The maximum atomic E-state index is 9.58. The van der Waals surface area contributed by atoms with Crippen LogP contribution in [-0.4, -0.2) is 32.7 Å². The van der Waals surface area contributed by atoms with Crippen molar-refractivity contribution in [3.63, 3.8) is 0 Å². The number of aliphatic hydroxyl groups excluding tert-OH is 1. The number of hydrogen-bond donors (Lipinski definition) is 3. The van der Waals surface area contributed by atoms with Gasteiger partial charge in [0.05, 0.1) is 12.6 Å². The molecule has 0 spiro atoms. The summed E-state index contributed by atoms with van der Waals surface area (Å²) in [5.74, 6) is 0.541. The molecule has 2 heterocycles. The van der Waals surface area contributed by atoms with E-state index in [-0.39, 0.29) is 12.6 Å². The van der Waals surface area contributed by atoms with E-state index in [2.05, 4.69) is 26.3 Å².